The number of rotatable bonds is 4. The van der Waals surface area contributed by atoms with E-state index in [1.54, 1.807) is 24.3 Å². The molecule has 0 radical (unpaired) electrons. The molecule has 4 rings (SSSR count). The summed E-state index contributed by atoms with van der Waals surface area (Å²) in [4.78, 5) is 38.4. The molecule has 2 heterocycles. The molecule has 3 atom stereocenters. The van der Waals surface area contributed by atoms with Crippen LogP contribution in [0.2, 0.25) is 0 Å². The van der Waals surface area contributed by atoms with Crippen LogP contribution in [0.1, 0.15) is 53.1 Å². The zero-order chi connectivity index (χ0) is 19.8. The van der Waals surface area contributed by atoms with Crippen LogP contribution in [0.4, 0.5) is 0 Å². The fraction of sp³-hybridized carbons (Fsp3) is 0.400. The minimum Gasteiger partial charge on any atom is -0.480 e. The standard InChI is InChI=1S/C20H22N4O4/c21-18(25)16-11-14(22-24(16)13-7-2-1-3-8-13)19(26)23-15-9-5-4-6-12(15)10-17(23)20(27)28/h1-3,7-8,11-12,15,17H,4-6,9-10H2,(H2,21,25)(H,27,28)/t12-,15+,17-/m0/s1. The van der Waals surface area contributed by atoms with Gasteiger partial charge in [-0.15, -0.1) is 0 Å². The number of carboxylic acids is 1. The normalized spacial score (nSPS) is 24.0. The molecule has 2 aliphatic rings. The van der Waals surface area contributed by atoms with Crippen LogP contribution in [-0.4, -0.2) is 49.7 Å². The Bertz CT molecular complexity index is 924. The Morgan fingerprint density at radius 1 is 1.11 bits per heavy atom. The molecule has 1 saturated carbocycles. The predicted molar refractivity (Wildman–Crippen MR) is 100 cm³/mol. The van der Waals surface area contributed by atoms with E-state index < -0.39 is 23.8 Å². The summed E-state index contributed by atoms with van der Waals surface area (Å²) in [6.45, 7) is 0. The highest BCUT2D eigenvalue weighted by atomic mass is 16.4. The molecule has 8 heteroatoms. The van der Waals surface area contributed by atoms with Crippen LogP contribution in [0.5, 0.6) is 0 Å². The molecule has 1 saturated heterocycles. The summed E-state index contributed by atoms with van der Waals surface area (Å²) < 4.78 is 1.33. The van der Waals surface area contributed by atoms with E-state index in [-0.39, 0.29) is 23.3 Å². The highest BCUT2D eigenvalue weighted by Crippen LogP contribution is 2.40. The van der Waals surface area contributed by atoms with Gasteiger partial charge in [0.1, 0.15) is 11.7 Å². The highest BCUT2D eigenvalue weighted by molar-refractivity contribution is 5.99. The Kier molecular flexibility index (Phi) is 4.62. The van der Waals surface area contributed by atoms with Crippen molar-refractivity contribution >= 4 is 17.8 Å². The lowest BCUT2D eigenvalue weighted by molar-refractivity contribution is -0.141. The fourth-order valence-electron chi connectivity index (χ4n) is 4.53. The molecule has 0 unspecified atom stereocenters. The number of nitrogens with two attached hydrogens (primary N) is 1. The molecule has 3 N–H and O–H groups in total. The summed E-state index contributed by atoms with van der Waals surface area (Å²) >= 11 is 0. The van der Waals surface area contributed by atoms with Crippen molar-refractivity contribution in [3.8, 4) is 5.69 Å². The summed E-state index contributed by atoms with van der Waals surface area (Å²) in [5, 5.41) is 14.0. The zero-order valence-electron chi connectivity index (χ0n) is 15.3. The number of hydrogen-bond donors (Lipinski definition) is 2. The molecule has 1 aromatic carbocycles. The molecule has 2 fully saturated rings. The number of amides is 2. The molecule has 1 aliphatic heterocycles. The van der Waals surface area contributed by atoms with E-state index in [1.165, 1.54) is 15.6 Å². The maximum absolute atomic E-state index is 13.3. The van der Waals surface area contributed by atoms with E-state index >= 15 is 0 Å². The third-order valence-corrected chi connectivity index (χ3v) is 5.79. The highest BCUT2D eigenvalue weighted by Gasteiger charge is 2.48. The third-order valence-electron chi connectivity index (χ3n) is 5.79. The summed E-state index contributed by atoms with van der Waals surface area (Å²) in [5.41, 5.74) is 6.20. The molecule has 1 aliphatic carbocycles. The molecular weight excluding hydrogens is 360 g/mol. The van der Waals surface area contributed by atoms with E-state index in [0.717, 1.165) is 25.7 Å². The first-order valence-electron chi connectivity index (χ1n) is 9.48. The Balaban J connectivity index is 1.73. The Morgan fingerprint density at radius 2 is 1.82 bits per heavy atom. The van der Waals surface area contributed by atoms with Crippen molar-refractivity contribution in [2.45, 2.75) is 44.2 Å². The van der Waals surface area contributed by atoms with Crippen LogP contribution in [0.3, 0.4) is 0 Å². The second-order valence-electron chi connectivity index (χ2n) is 7.44. The van der Waals surface area contributed by atoms with Gasteiger partial charge in [-0.3, -0.25) is 9.59 Å². The smallest absolute Gasteiger partial charge is 0.326 e. The minimum atomic E-state index is -1.000. The van der Waals surface area contributed by atoms with Crippen LogP contribution in [-0.2, 0) is 4.79 Å². The average molecular weight is 382 g/mol. The molecule has 2 aromatic rings. The van der Waals surface area contributed by atoms with Gasteiger partial charge >= 0.3 is 5.97 Å². The van der Waals surface area contributed by atoms with Gasteiger partial charge in [0.2, 0.25) is 0 Å². The van der Waals surface area contributed by atoms with Gasteiger partial charge in [-0.05, 0) is 37.3 Å². The number of carboxylic acid groups (broad SMARTS) is 1. The van der Waals surface area contributed by atoms with Crippen LogP contribution in [0.15, 0.2) is 36.4 Å². The van der Waals surface area contributed by atoms with Crippen molar-refractivity contribution in [2.75, 3.05) is 0 Å². The molecule has 0 spiro atoms. The van der Waals surface area contributed by atoms with Crippen molar-refractivity contribution in [3.63, 3.8) is 0 Å². The molecule has 146 valence electrons. The van der Waals surface area contributed by atoms with Gasteiger partial charge in [0.25, 0.3) is 11.8 Å². The number of benzene rings is 1. The van der Waals surface area contributed by atoms with Crippen LogP contribution >= 0.6 is 0 Å². The molecule has 1 aromatic heterocycles. The average Bonchev–Trinajstić information content (AvgIpc) is 3.31. The van der Waals surface area contributed by atoms with Crippen LogP contribution in [0, 0.1) is 5.92 Å². The van der Waals surface area contributed by atoms with Gasteiger partial charge < -0.3 is 15.7 Å². The Hall–Kier alpha value is -3.16. The second kappa shape index (κ2) is 7.10. The van der Waals surface area contributed by atoms with Crippen molar-refractivity contribution in [1.82, 2.24) is 14.7 Å². The van der Waals surface area contributed by atoms with E-state index in [9.17, 15) is 19.5 Å². The van der Waals surface area contributed by atoms with Crippen molar-refractivity contribution in [1.29, 1.82) is 0 Å². The lowest BCUT2D eigenvalue weighted by Gasteiger charge is -2.32. The quantitative estimate of drug-likeness (QED) is 0.836. The maximum Gasteiger partial charge on any atom is 0.326 e. The van der Waals surface area contributed by atoms with Gasteiger partial charge in [0.15, 0.2) is 5.69 Å². The summed E-state index contributed by atoms with van der Waals surface area (Å²) in [6.07, 6.45) is 4.23. The molecule has 2 amide bonds. The largest absolute Gasteiger partial charge is 0.480 e. The first kappa shape index (κ1) is 18.2. The number of fused-ring (bicyclic) bond motifs is 1. The molecular formula is C20H22N4O4. The van der Waals surface area contributed by atoms with Crippen LogP contribution in [0.25, 0.3) is 5.69 Å². The first-order valence-corrected chi connectivity index (χ1v) is 9.48. The Morgan fingerprint density at radius 3 is 2.50 bits per heavy atom. The lowest BCUT2D eigenvalue weighted by atomic mass is 9.84. The first-order chi connectivity index (χ1) is 13.5. The number of para-hydroxylation sites is 1. The number of aliphatic carboxylic acids is 1. The fourth-order valence-corrected chi connectivity index (χ4v) is 4.53. The maximum atomic E-state index is 13.3. The topological polar surface area (TPSA) is 119 Å². The van der Waals surface area contributed by atoms with Gasteiger partial charge in [0.05, 0.1) is 5.69 Å². The van der Waals surface area contributed by atoms with Gasteiger partial charge in [0, 0.05) is 12.1 Å². The predicted octanol–water partition coefficient (Wildman–Crippen LogP) is 1.83. The van der Waals surface area contributed by atoms with E-state index in [0.29, 0.717) is 12.1 Å². The number of primary amides is 1. The second-order valence-corrected chi connectivity index (χ2v) is 7.44. The van der Waals surface area contributed by atoms with E-state index in [4.69, 9.17) is 5.73 Å². The van der Waals surface area contributed by atoms with Gasteiger partial charge in [-0.1, -0.05) is 31.0 Å². The molecule has 0 bridgehead atoms. The van der Waals surface area contributed by atoms with Crippen molar-refractivity contribution < 1.29 is 19.5 Å². The minimum absolute atomic E-state index is 0.0372. The SMILES string of the molecule is NC(=O)c1cc(C(=O)N2[C@@H]3CCCC[C@H]3C[C@H]2C(=O)O)nn1-c1ccccc1. The summed E-state index contributed by atoms with van der Waals surface area (Å²) in [6, 6.07) is 9.30. The van der Waals surface area contributed by atoms with E-state index in [2.05, 4.69) is 5.10 Å². The van der Waals surface area contributed by atoms with Gasteiger partial charge in [-0.25, -0.2) is 9.48 Å². The number of carbonyl (C=O) groups is 3. The lowest BCUT2D eigenvalue weighted by Crippen LogP contribution is -2.46. The third kappa shape index (κ3) is 3.04. The van der Waals surface area contributed by atoms with E-state index in [1.807, 2.05) is 6.07 Å². The zero-order valence-corrected chi connectivity index (χ0v) is 15.3. The number of hydrogen-bond acceptors (Lipinski definition) is 4. The number of carbonyl (C=O) groups excluding carboxylic acids is 2. The van der Waals surface area contributed by atoms with Gasteiger partial charge in [-0.2, -0.15) is 5.10 Å². The van der Waals surface area contributed by atoms with Crippen molar-refractivity contribution in [3.05, 3.63) is 47.8 Å². The number of nitrogens with zero attached hydrogens (tertiary/aromatic N) is 3. The molecule has 28 heavy (non-hydrogen) atoms. The van der Waals surface area contributed by atoms with Crippen molar-refractivity contribution in [2.24, 2.45) is 11.7 Å². The monoisotopic (exact) mass is 382 g/mol. The number of aromatic nitrogens is 2. The number of likely N-dealkylation sites (tertiary alicyclic amines) is 1. The van der Waals surface area contributed by atoms with Crippen LogP contribution < -0.4 is 5.73 Å². The Labute approximate surface area is 161 Å². The molecule has 8 nitrogen and oxygen atoms in total. The summed E-state index contributed by atoms with van der Waals surface area (Å²) in [7, 11) is 0. The summed E-state index contributed by atoms with van der Waals surface area (Å²) in [5.74, 6) is -1.97.